The molecule has 0 aromatic heterocycles. The van der Waals surface area contributed by atoms with E-state index in [0.717, 1.165) is 21.0 Å². The number of ketones is 2. The molecule has 6 rings (SSSR count). The summed E-state index contributed by atoms with van der Waals surface area (Å²) >= 11 is 0. The maximum Gasteiger partial charge on any atom is 0.397 e. The van der Waals surface area contributed by atoms with Crippen LogP contribution in [0.4, 0.5) is 0 Å². The Morgan fingerprint density at radius 2 is 0.931 bits per heavy atom. The van der Waals surface area contributed by atoms with Crippen LogP contribution in [0.25, 0.3) is 0 Å². The van der Waals surface area contributed by atoms with Crippen molar-refractivity contribution >= 4 is 69.4 Å². The second-order valence-corrected chi connectivity index (χ2v) is 25.6. The van der Waals surface area contributed by atoms with Gasteiger partial charge in [0, 0.05) is 36.6 Å². The molecular weight excluding hydrogens is 1280 g/mol. The molecule has 4 aliphatic rings. The molecule has 41 heteroatoms. The third-order valence-electron chi connectivity index (χ3n) is 13.9. The molecule has 36 nitrogen and oxygen atoms in total. The number of hydrogen-bond acceptors (Lipinski definition) is 29. The monoisotopic (exact) mass is 1350 g/mol. The maximum absolute atomic E-state index is 13.9. The summed E-state index contributed by atoms with van der Waals surface area (Å²) in [5, 5.41) is 49.2. The fraction of sp³-hybridized carbons (Fsp3) is 0.674. The van der Waals surface area contributed by atoms with Crippen molar-refractivity contribution < 1.29 is 154 Å². The van der Waals surface area contributed by atoms with Crippen molar-refractivity contribution in [2.75, 3.05) is 20.3 Å². The number of rotatable bonds is 29. The van der Waals surface area contributed by atoms with Gasteiger partial charge in [-0.3, -0.25) is 37.1 Å². The van der Waals surface area contributed by atoms with E-state index in [1.165, 1.54) is 31.2 Å². The number of Topliss-reactive ketones (excluding diaryl/α,β-unsaturated/α-hetero) is 1. The minimum atomic E-state index is -5.77. The Morgan fingerprint density at radius 3 is 1.43 bits per heavy atom. The van der Waals surface area contributed by atoms with Crippen LogP contribution >= 0.6 is 0 Å². The van der Waals surface area contributed by atoms with Gasteiger partial charge in [0.05, 0.1) is 37.6 Å². The highest BCUT2D eigenvalue weighted by atomic mass is 32.3. The molecule has 11 N–H and O–H groups in total. The molecule has 4 heterocycles. The van der Waals surface area contributed by atoms with Crippen molar-refractivity contribution in [3.63, 3.8) is 0 Å². The van der Waals surface area contributed by atoms with E-state index in [4.69, 9.17) is 42.1 Å². The first-order chi connectivity index (χ1) is 40.3. The lowest BCUT2D eigenvalue weighted by atomic mass is 9.93. The second-order valence-electron chi connectivity index (χ2n) is 20.2. The Hall–Kier alpha value is -3.88. The zero-order chi connectivity index (χ0) is 64.7. The summed E-state index contributed by atoms with van der Waals surface area (Å²) < 4.78 is 234. The molecule has 20 atom stereocenters. The van der Waals surface area contributed by atoms with Crippen molar-refractivity contribution in [1.29, 1.82) is 0 Å². The molecular formula is C46H66N2O34S5. The first-order valence-electron chi connectivity index (χ1n) is 26.0. The molecule has 2 aromatic carbocycles. The van der Waals surface area contributed by atoms with Crippen LogP contribution in [-0.2, 0) is 111 Å². The number of amides is 1. The van der Waals surface area contributed by atoms with E-state index in [1.807, 2.05) is 0 Å². The van der Waals surface area contributed by atoms with E-state index in [2.05, 4.69) is 17.9 Å². The van der Waals surface area contributed by atoms with Crippen molar-refractivity contribution in [3.05, 3.63) is 71.3 Å². The second kappa shape index (κ2) is 30.0. The van der Waals surface area contributed by atoms with Crippen LogP contribution in [0, 0.1) is 0 Å². The summed E-state index contributed by atoms with van der Waals surface area (Å²) in [5.41, 5.74) is 1.07. The topological polar surface area (TPSA) is 539 Å². The summed E-state index contributed by atoms with van der Waals surface area (Å²) in [6.07, 6.45) is -37.5. The van der Waals surface area contributed by atoms with E-state index in [-0.39, 0.29) is 37.2 Å². The number of ether oxygens (including phenoxy) is 8. The van der Waals surface area contributed by atoms with Crippen LogP contribution in [0.2, 0.25) is 0 Å². The Balaban J connectivity index is 1.28. The number of carbonyl (C=O) groups is 3. The highest BCUT2D eigenvalue weighted by molar-refractivity contribution is 7.83. The van der Waals surface area contributed by atoms with E-state index in [9.17, 15) is 99.7 Å². The summed E-state index contributed by atoms with van der Waals surface area (Å²) in [6.45, 7) is 0.822. The minimum Gasteiger partial charge on any atom is -0.389 e. The Bertz CT molecular complexity index is 3240. The van der Waals surface area contributed by atoms with Crippen molar-refractivity contribution in [2.45, 2.75) is 175 Å². The average Bonchev–Trinajstić information content (AvgIpc) is 1.05. The predicted octanol–water partition coefficient (Wildman–Crippen LogP) is -3.07. The standard InChI is InChI=1S/C46H66N2O34S5/c1-21-31(48-83(56,57)58)34(52)40(28(74-21)19-72-84(59,60)61)79-46-43(82-87(68,69)70)37(55)39(23(3)76-46)78-44-32(47-30(50)14-10-6-9-13-27(49)24-15-17-26(18-16-24)33(51)25-11-7-5-8-12-25)35(53)41(29(77-44)20-73-85(62,63)64)80-45-42(81-86(65,66)67)36(54)38(71-4)22(2)75-45/h5,7-8,11-12,15-18,21-23,28-29,31-32,34-46,48,52-55H,6,9-10,13-14,19-20H2,1-4H3,(H,47,50)(H,56,57,58)(H,59,60,61)(H,62,63,64)(H,65,66,67)(H,68,69,70)/t21-,22?,23?,28?,29?,31?,32?,34-,35-,36-,37-,38-,39-,40+,41+,42?,43?,44+,45+,46+/m1/s1. The third kappa shape index (κ3) is 20.8. The summed E-state index contributed by atoms with van der Waals surface area (Å²) in [7, 11) is -26.2. The van der Waals surface area contributed by atoms with E-state index in [0.29, 0.717) is 16.7 Å². The molecule has 2 aromatic rings. The van der Waals surface area contributed by atoms with Gasteiger partial charge in [0.25, 0.3) is 0 Å². The third-order valence-corrected chi connectivity index (χ3v) is 16.3. The Morgan fingerprint density at radius 1 is 0.483 bits per heavy atom. The molecule has 0 aliphatic carbocycles. The van der Waals surface area contributed by atoms with Gasteiger partial charge in [-0.05, 0) is 33.6 Å². The maximum atomic E-state index is 13.9. The molecule has 4 fully saturated rings. The lowest BCUT2D eigenvalue weighted by Gasteiger charge is -2.50. The highest BCUT2D eigenvalue weighted by Crippen LogP contribution is 2.37. The van der Waals surface area contributed by atoms with Crippen LogP contribution in [0.3, 0.4) is 0 Å². The van der Waals surface area contributed by atoms with Gasteiger partial charge in [-0.25, -0.2) is 16.7 Å². The summed E-state index contributed by atoms with van der Waals surface area (Å²) in [4.78, 5) is 39.9. The first-order valence-corrected chi connectivity index (χ1v) is 32.9. The molecule has 494 valence electrons. The lowest BCUT2D eigenvalue weighted by molar-refractivity contribution is -0.367. The van der Waals surface area contributed by atoms with E-state index in [1.54, 1.807) is 35.1 Å². The first kappa shape index (κ1) is 72.2. The van der Waals surface area contributed by atoms with Gasteiger partial charge >= 0.3 is 51.9 Å². The molecule has 87 heavy (non-hydrogen) atoms. The molecule has 4 aliphatic heterocycles. The van der Waals surface area contributed by atoms with E-state index >= 15 is 0 Å². The highest BCUT2D eigenvalue weighted by Gasteiger charge is 2.57. The number of nitrogens with one attached hydrogen (secondary N) is 2. The normalized spacial score (nSPS) is 33.8. The van der Waals surface area contributed by atoms with Crippen molar-refractivity contribution in [1.82, 2.24) is 10.0 Å². The Labute approximate surface area is 498 Å². The molecule has 8 unspecified atom stereocenters. The number of hydrogen-bond donors (Lipinski definition) is 11. The molecule has 0 saturated carbocycles. The van der Waals surface area contributed by atoms with Gasteiger partial charge in [-0.1, -0.05) is 61.0 Å². The average molecular weight is 1350 g/mol. The largest absolute Gasteiger partial charge is 0.397 e. The quantitative estimate of drug-likeness (QED) is 0.0219. The van der Waals surface area contributed by atoms with Crippen LogP contribution in [0.15, 0.2) is 54.6 Å². The van der Waals surface area contributed by atoms with Gasteiger partial charge in [-0.15, -0.1) is 0 Å². The van der Waals surface area contributed by atoms with Crippen LogP contribution in [0.5, 0.6) is 0 Å². The molecule has 1 amide bonds. The Kier molecular flexibility index (Phi) is 24.9. The number of carbonyl (C=O) groups excluding carboxylic acids is 3. The summed E-state index contributed by atoms with van der Waals surface area (Å²) in [5.74, 6) is -1.52. The van der Waals surface area contributed by atoms with Crippen molar-refractivity contribution in [3.8, 4) is 0 Å². The van der Waals surface area contributed by atoms with Crippen LogP contribution in [0.1, 0.15) is 79.2 Å². The zero-order valence-electron chi connectivity index (χ0n) is 46.0. The number of benzene rings is 2. The number of unbranched alkanes of at least 4 members (excludes halogenated alkanes) is 2. The fourth-order valence-corrected chi connectivity index (χ4v) is 12.2. The molecule has 0 spiro atoms. The van der Waals surface area contributed by atoms with Gasteiger partial charge in [-0.2, -0.15) is 46.8 Å². The zero-order valence-corrected chi connectivity index (χ0v) is 50.0. The fourth-order valence-electron chi connectivity index (χ4n) is 9.97. The smallest absolute Gasteiger partial charge is 0.389 e. The van der Waals surface area contributed by atoms with Crippen LogP contribution in [-0.4, -0.2) is 246 Å². The SMILES string of the molecule is CO[C@@H]1C(C)O[C@@H](O[C@H]2C(COS(=O)(=O)O)O[C@@H](O[C@@H]3C(C)O[C@@H](O[C@H]4C(COS(=O)(=O)O)O[C@H](C)C(NS(=O)(=O)O)[C@H]4O)C(OS(=O)(=O)O)[C@@H]3O)C(NC(=O)CCCCCC(=O)c3ccc(C(=O)c4ccccc4)cc3)[C@H]2O)C(OS(=O)(=O)O)[C@@H]1O. The van der Waals surface area contributed by atoms with Gasteiger partial charge in [0.15, 0.2) is 42.6 Å². The molecule has 4 saturated heterocycles. The summed E-state index contributed by atoms with van der Waals surface area (Å²) in [6, 6.07) is 10.4. The lowest BCUT2D eigenvalue weighted by Crippen LogP contribution is -2.70. The van der Waals surface area contributed by atoms with Crippen molar-refractivity contribution in [2.24, 2.45) is 0 Å². The van der Waals surface area contributed by atoms with E-state index < -0.39 is 200 Å². The number of methoxy groups -OCH3 is 1. The predicted molar refractivity (Wildman–Crippen MR) is 283 cm³/mol. The molecule has 0 bridgehead atoms. The molecule has 0 radical (unpaired) electrons. The van der Waals surface area contributed by atoms with Gasteiger partial charge < -0.3 is 63.6 Å². The number of aliphatic hydroxyl groups excluding tert-OH is 4. The minimum absolute atomic E-state index is 0.0180. The van der Waals surface area contributed by atoms with Crippen LogP contribution < -0.4 is 10.0 Å². The number of aliphatic hydroxyl groups is 4. The van der Waals surface area contributed by atoms with Gasteiger partial charge in [0.2, 0.25) is 5.91 Å². The van der Waals surface area contributed by atoms with Gasteiger partial charge in [0.1, 0.15) is 67.1 Å².